The summed E-state index contributed by atoms with van der Waals surface area (Å²) in [7, 11) is 0. The zero-order valence-electron chi connectivity index (χ0n) is 15.9. The van der Waals surface area contributed by atoms with Crippen molar-refractivity contribution in [2.24, 2.45) is 0 Å². The van der Waals surface area contributed by atoms with Crippen LogP contribution < -0.4 is 16.4 Å². The monoisotopic (exact) mass is 402 g/mol. The van der Waals surface area contributed by atoms with E-state index in [-0.39, 0.29) is 17.3 Å². The minimum absolute atomic E-state index is 0.179. The van der Waals surface area contributed by atoms with Crippen LogP contribution in [-0.4, -0.2) is 16.8 Å². The quantitative estimate of drug-likeness (QED) is 0.379. The van der Waals surface area contributed by atoms with Gasteiger partial charge in [0.15, 0.2) is 0 Å². The predicted octanol–water partition coefficient (Wildman–Crippen LogP) is 4.07. The number of aromatic amines is 1. The lowest BCUT2D eigenvalue weighted by Gasteiger charge is -2.09. The lowest BCUT2D eigenvalue weighted by molar-refractivity contribution is 0.0950. The van der Waals surface area contributed by atoms with Crippen LogP contribution in [0.2, 0.25) is 0 Å². The molecule has 0 aliphatic carbocycles. The molecule has 0 radical (unpaired) electrons. The summed E-state index contributed by atoms with van der Waals surface area (Å²) in [5, 5.41) is 6.43. The topological polar surface area (TPSA) is 100 Å². The summed E-state index contributed by atoms with van der Waals surface area (Å²) in [5.41, 5.74) is 9.04. The Morgan fingerprint density at radius 2 is 1.67 bits per heavy atom. The smallest absolute Gasteiger partial charge is 0.255 e. The van der Waals surface area contributed by atoms with Gasteiger partial charge in [-0.2, -0.15) is 0 Å². The number of H-pyrrole nitrogens is 1. The first-order valence-electron chi connectivity index (χ1n) is 9.30. The largest absolute Gasteiger partial charge is 0.397 e. The number of carbonyl (C=O) groups is 2. The highest BCUT2D eigenvalue weighted by Gasteiger charge is 2.10. The Morgan fingerprint density at radius 1 is 0.900 bits per heavy atom. The number of nitrogen functional groups attached to an aromatic ring is 1. The van der Waals surface area contributed by atoms with E-state index < -0.39 is 11.7 Å². The predicted molar refractivity (Wildman–Crippen MR) is 115 cm³/mol. The van der Waals surface area contributed by atoms with Crippen LogP contribution in [0, 0.1) is 5.82 Å². The van der Waals surface area contributed by atoms with E-state index in [1.807, 2.05) is 24.4 Å². The van der Waals surface area contributed by atoms with Crippen molar-refractivity contribution < 1.29 is 14.0 Å². The number of halogens is 1. The first-order valence-corrected chi connectivity index (χ1v) is 9.30. The first kappa shape index (κ1) is 19.2. The fourth-order valence-electron chi connectivity index (χ4n) is 3.08. The zero-order chi connectivity index (χ0) is 21.1. The third-order valence-corrected chi connectivity index (χ3v) is 4.75. The second-order valence-corrected chi connectivity index (χ2v) is 6.84. The van der Waals surface area contributed by atoms with Crippen molar-refractivity contribution in [2.45, 2.75) is 6.54 Å². The SMILES string of the molecule is Nc1ccc(F)cc1NC(=O)c1ccc(CNC(=O)c2ccc3[nH]ccc3c2)cc1. The maximum Gasteiger partial charge on any atom is 0.255 e. The van der Waals surface area contributed by atoms with Gasteiger partial charge in [-0.3, -0.25) is 9.59 Å². The molecule has 1 aromatic heterocycles. The number of anilines is 2. The number of hydrogen-bond acceptors (Lipinski definition) is 3. The molecule has 0 fully saturated rings. The number of nitrogens with two attached hydrogens (primary N) is 1. The van der Waals surface area contributed by atoms with Gasteiger partial charge >= 0.3 is 0 Å². The first-order chi connectivity index (χ1) is 14.5. The normalized spacial score (nSPS) is 10.7. The molecule has 0 saturated carbocycles. The summed E-state index contributed by atoms with van der Waals surface area (Å²) >= 11 is 0. The molecule has 0 saturated heterocycles. The van der Waals surface area contributed by atoms with Crippen LogP contribution in [0.4, 0.5) is 15.8 Å². The Kier molecular flexibility index (Phi) is 5.17. The Balaban J connectivity index is 1.37. The summed E-state index contributed by atoms with van der Waals surface area (Å²) < 4.78 is 13.3. The highest BCUT2D eigenvalue weighted by molar-refractivity contribution is 6.05. The zero-order valence-corrected chi connectivity index (χ0v) is 15.9. The molecule has 0 aliphatic heterocycles. The summed E-state index contributed by atoms with van der Waals surface area (Å²) in [6.07, 6.45) is 1.83. The van der Waals surface area contributed by atoms with Crippen molar-refractivity contribution in [1.29, 1.82) is 0 Å². The van der Waals surface area contributed by atoms with Gasteiger partial charge in [0.2, 0.25) is 0 Å². The Bertz CT molecular complexity index is 1230. The van der Waals surface area contributed by atoms with Gasteiger partial charge in [0.25, 0.3) is 11.8 Å². The van der Waals surface area contributed by atoms with Crippen LogP contribution in [0.25, 0.3) is 10.9 Å². The standard InChI is InChI=1S/C23H19FN4O2/c24-18-6-7-19(25)21(12-18)28-23(30)15-3-1-14(2-4-15)13-27-22(29)17-5-8-20-16(11-17)9-10-26-20/h1-12,26H,13,25H2,(H,27,29)(H,28,30). The van der Waals surface area contributed by atoms with Crippen LogP contribution in [-0.2, 0) is 6.54 Å². The van der Waals surface area contributed by atoms with Crippen LogP contribution in [0.15, 0.2) is 72.9 Å². The Morgan fingerprint density at radius 3 is 2.47 bits per heavy atom. The second kappa shape index (κ2) is 8.08. The molecular formula is C23H19FN4O2. The number of aromatic nitrogens is 1. The fraction of sp³-hybridized carbons (Fsp3) is 0.0435. The Hall–Kier alpha value is -4.13. The van der Waals surface area contributed by atoms with Crippen molar-refractivity contribution in [3.8, 4) is 0 Å². The summed E-state index contributed by atoms with van der Waals surface area (Å²) in [4.78, 5) is 27.8. The minimum atomic E-state index is -0.485. The van der Waals surface area contributed by atoms with Crippen LogP contribution in [0.3, 0.4) is 0 Å². The molecule has 0 bridgehead atoms. The summed E-state index contributed by atoms with van der Waals surface area (Å²) in [6.45, 7) is 0.322. The molecule has 0 atom stereocenters. The number of amides is 2. The van der Waals surface area contributed by atoms with E-state index in [1.54, 1.807) is 30.3 Å². The van der Waals surface area contributed by atoms with Gasteiger partial charge in [0, 0.05) is 34.8 Å². The van der Waals surface area contributed by atoms with E-state index in [0.29, 0.717) is 17.7 Å². The van der Waals surface area contributed by atoms with E-state index in [4.69, 9.17) is 5.73 Å². The molecule has 2 amide bonds. The highest BCUT2D eigenvalue weighted by Crippen LogP contribution is 2.20. The van der Waals surface area contributed by atoms with E-state index in [1.165, 1.54) is 18.2 Å². The van der Waals surface area contributed by atoms with E-state index in [9.17, 15) is 14.0 Å². The number of fused-ring (bicyclic) bond motifs is 1. The molecule has 0 aliphatic rings. The molecule has 5 N–H and O–H groups in total. The van der Waals surface area contributed by atoms with Crippen LogP contribution in [0.5, 0.6) is 0 Å². The maximum absolute atomic E-state index is 13.3. The maximum atomic E-state index is 13.3. The molecule has 30 heavy (non-hydrogen) atoms. The minimum Gasteiger partial charge on any atom is -0.397 e. The number of benzene rings is 3. The molecule has 0 unspecified atom stereocenters. The average molecular weight is 402 g/mol. The fourth-order valence-corrected chi connectivity index (χ4v) is 3.08. The number of rotatable bonds is 5. The molecule has 4 aromatic rings. The van der Waals surface area contributed by atoms with Gasteiger partial charge in [-0.25, -0.2) is 4.39 Å². The average Bonchev–Trinajstić information content (AvgIpc) is 3.23. The van der Waals surface area contributed by atoms with Crippen molar-refractivity contribution in [3.63, 3.8) is 0 Å². The van der Waals surface area contributed by atoms with Gasteiger partial charge in [-0.05, 0) is 60.2 Å². The molecule has 7 heteroatoms. The molecule has 6 nitrogen and oxygen atoms in total. The summed E-state index contributed by atoms with van der Waals surface area (Å²) in [5.74, 6) is -1.06. The van der Waals surface area contributed by atoms with Crippen molar-refractivity contribution in [3.05, 3.63) is 95.4 Å². The lowest BCUT2D eigenvalue weighted by atomic mass is 10.1. The number of nitrogens with one attached hydrogen (secondary N) is 3. The third-order valence-electron chi connectivity index (χ3n) is 4.75. The van der Waals surface area contributed by atoms with Crippen molar-refractivity contribution in [1.82, 2.24) is 10.3 Å². The lowest BCUT2D eigenvalue weighted by Crippen LogP contribution is -2.22. The van der Waals surface area contributed by atoms with Crippen LogP contribution >= 0.6 is 0 Å². The molecule has 3 aromatic carbocycles. The molecule has 0 spiro atoms. The van der Waals surface area contributed by atoms with Gasteiger partial charge in [0.1, 0.15) is 5.82 Å². The van der Waals surface area contributed by atoms with E-state index in [2.05, 4.69) is 15.6 Å². The molecular weight excluding hydrogens is 383 g/mol. The number of carbonyl (C=O) groups excluding carboxylic acids is 2. The van der Waals surface area contributed by atoms with E-state index >= 15 is 0 Å². The van der Waals surface area contributed by atoms with E-state index in [0.717, 1.165) is 16.5 Å². The molecule has 1 heterocycles. The molecule has 150 valence electrons. The number of hydrogen-bond donors (Lipinski definition) is 4. The van der Waals surface area contributed by atoms with Gasteiger partial charge < -0.3 is 21.4 Å². The third kappa shape index (κ3) is 4.15. The van der Waals surface area contributed by atoms with Crippen molar-refractivity contribution in [2.75, 3.05) is 11.1 Å². The second-order valence-electron chi connectivity index (χ2n) is 6.84. The van der Waals surface area contributed by atoms with Gasteiger partial charge in [-0.15, -0.1) is 0 Å². The highest BCUT2D eigenvalue weighted by atomic mass is 19.1. The summed E-state index contributed by atoms with van der Waals surface area (Å²) in [6, 6.07) is 17.9. The van der Waals surface area contributed by atoms with Gasteiger partial charge in [0.05, 0.1) is 11.4 Å². The van der Waals surface area contributed by atoms with Crippen LogP contribution in [0.1, 0.15) is 26.3 Å². The van der Waals surface area contributed by atoms with Crippen molar-refractivity contribution >= 4 is 34.1 Å². The Labute approximate surface area is 171 Å². The van der Waals surface area contributed by atoms with Gasteiger partial charge in [-0.1, -0.05) is 12.1 Å². The molecule has 4 rings (SSSR count).